The van der Waals surface area contributed by atoms with Crippen molar-refractivity contribution in [3.63, 3.8) is 0 Å². The van der Waals surface area contributed by atoms with E-state index in [0.29, 0.717) is 25.7 Å². The van der Waals surface area contributed by atoms with E-state index in [1.54, 1.807) is 13.8 Å². The molecule has 0 aromatic heterocycles. The number of nitrogens with one attached hydrogen (secondary N) is 1. The summed E-state index contributed by atoms with van der Waals surface area (Å²) >= 11 is 0. The minimum atomic E-state index is -1.07. The molecule has 0 radical (unpaired) electrons. The van der Waals surface area contributed by atoms with Crippen LogP contribution in [-0.4, -0.2) is 23.2 Å². The number of hydrogen-bond acceptors (Lipinski definition) is 4. The molecule has 0 heterocycles. The molecular formula is C13H20NNaO4. The molecule has 0 saturated heterocycles. The normalized spacial score (nSPS) is 10.2. The molecule has 0 aliphatic carbocycles. The molecule has 5 nitrogen and oxygen atoms in total. The van der Waals surface area contributed by atoms with Crippen molar-refractivity contribution in [3.8, 4) is 0 Å². The molecule has 0 aromatic carbocycles. The summed E-state index contributed by atoms with van der Waals surface area (Å²) in [4.78, 5) is 33.1. The average Bonchev–Trinajstić information content (AvgIpc) is 2.27. The third-order valence-electron chi connectivity index (χ3n) is 2.60. The van der Waals surface area contributed by atoms with Crippen LogP contribution in [0, 0.1) is 0 Å². The fraction of sp³-hybridized carbons (Fsp3) is 0.615. The van der Waals surface area contributed by atoms with Gasteiger partial charge in [-0.3, -0.25) is 9.59 Å². The Hall–Kier alpha value is -0.650. The Kier molecular flexibility index (Phi) is 11.1. The van der Waals surface area contributed by atoms with Crippen LogP contribution >= 0.6 is 0 Å². The molecule has 0 aliphatic rings. The summed E-state index contributed by atoms with van der Waals surface area (Å²) in [6, 6.07) is 0. The maximum Gasteiger partial charge on any atom is 1.00 e. The maximum atomic E-state index is 11.8. The van der Waals surface area contributed by atoms with Crippen molar-refractivity contribution in [2.24, 2.45) is 0 Å². The molecule has 0 atom stereocenters. The maximum absolute atomic E-state index is 11.8. The van der Waals surface area contributed by atoms with Crippen molar-refractivity contribution in [2.45, 2.75) is 51.5 Å². The first kappa shape index (κ1) is 20.7. The fourth-order valence-electron chi connectivity index (χ4n) is 1.47. The van der Waals surface area contributed by atoms with Gasteiger partial charge in [0.25, 0.3) is 0 Å². The second-order valence-corrected chi connectivity index (χ2v) is 4.67. The number of unbranched alkanes of at least 4 members (excludes halogenated alkanes) is 2. The molecule has 0 unspecified atom stereocenters. The van der Waals surface area contributed by atoms with Crippen molar-refractivity contribution in [3.05, 3.63) is 12.7 Å². The quantitative estimate of drug-likeness (QED) is 0.283. The predicted octanol–water partition coefficient (Wildman–Crippen LogP) is -2.66. The molecule has 0 fully saturated rings. The van der Waals surface area contributed by atoms with E-state index in [4.69, 9.17) is 0 Å². The first-order valence-electron chi connectivity index (χ1n) is 5.97. The second-order valence-electron chi connectivity index (χ2n) is 4.67. The Labute approximate surface area is 136 Å². The predicted molar refractivity (Wildman–Crippen MR) is 65.5 cm³/mol. The van der Waals surface area contributed by atoms with Gasteiger partial charge in [0.2, 0.25) is 5.91 Å². The summed E-state index contributed by atoms with van der Waals surface area (Å²) in [5.74, 6) is -1.53. The molecule has 19 heavy (non-hydrogen) atoms. The molecule has 0 bridgehead atoms. The van der Waals surface area contributed by atoms with Gasteiger partial charge in [-0.05, 0) is 39.2 Å². The first-order chi connectivity index (χ1) is 8.29. The van der Waals surface area contributed by atoms with Crippen molar-refractivity contribution < 1.29 is 49.0 Å². The van der Waals surface area contributed by atoms with E-state index in [1.165, 1.54) is 0 Å². The van der Waals surface area contributed by atoms with Crippen LogP contribution < -0.4 is 40.0 Å². The van der Waals surface area contributed by atoms with Gasteiger partial charge >= 0.3 is 29.6 Å². The van der Waals surface area contributed by atoms with Gasteiger partial charge in [-0.15, -0.1) is 0 Å². The molecule has 102 valence electrons. The van der Waals surface area contributed by atoms with Crippen molar-refractivity contribution in [1.29, 1.82) is 0 Å². The third kappa shape index (κ3) is 9.87. The van der Waals surface area contributed by atoms with E-state index in [2.05, 4.69) is 11.9 Å². The van der Waals surface area contributed by atoms with E-state index >= 15 is 0 Å². The third-order valence-corrected chi connectivity index (χ3v) is 2.60. The van der Waals surface area contributed by atoms with Gasteiger partial charge in [0.15, 0.2) is 5.78 Å². The van der Waals surface area contributed by atoms with Crippen molar-refractivity contribution >= 4 is 17.7 Å². The fourth-order valence-corrected chi connectivity index (χ4v) is 1.47. The van der Waals surface area contributed by atoms with Crippen LogP contribution in [0.1, 0.15) is 46.0 Å². The van der Waals surface area contributed by atoms with E-state index in [-0.39, 0.29) is 47.7 Å². The number of Topliss-reactive ketones (excluding diaryl/α,β-unsaturated/α-hetero) is 1. The van der Waals surface area contributed by atoms with Gasteiger partial charge < -0.3 is 15.2 Å². The molecule has 0 aliphatic heterocycles. The van der Waals surface area contributed by atoms with Crippen molar-refractivity contribution in [2.75, 3.05) is 0 Å². The Balaban J connectivity index is 0. The molecule has 1 amide bonds. The summed E-state index contributed by atoms with van der Waals surface area (Å²) in [7, 11) is 0. The molecule has 0 spiro atoms. The number of carboxylic acid groups (broad SMARTS) is 1. The van der Waals surface area contributed by atoms with Gasteiger partial charge in [0, 0.05) is 12.4 Å². The molecule has 0 rings (SSSR count). The number of amides is 1. The Bertz CT molecular complexity index is 340. The largest absolute Gasteiger partial charge is 1.00 e. The molecule has 6 heteroatoms. The summed E-state index contributed by atoms with van der Waals surface area (Å²) in [6.07, 6.45) is 3.23. The smallest absolute Gasteiger partial charge is 0.550 e. The van der Waals surface area contributed by atoms with Gasteiger partial charge in [-0.1, -0.05) is 13.0 Å². The average molecular weight is 277 g/mol. The summed E-state index contributed by atoms with van der Waals surface area (Å²) in [5.41, 5.74) is -0.917. The molecule has 1 N–H and O–H groups in total. The van der Waals surface area contributed by atoms with Gasteiger partial charge in [0.1, 0.15) is 0 Å². The number of carbonyl (C=O) groups is 3. The Morgan fingerprint density at radius 1 is 1.16 bits per heavy atom. The minimum Gasteiger partial charge on any atom is -0.550 e. The number of hydrogen-bond donors (Lipinski definition) is 1. The van der Waals surface area contributed by atoms with Crippen LogP contribution in [0.3, 0.4) is 0 Å². The number of aliphatic carboxylic acids is 1. The van der Waals surface area contributed by atoms with Crippen LogP contribution in [0.15, 0.2) is 12.7 Å². The number of carboxylic acids is 1. The number of ketones is 1. The van der Waals surface area contributed by atoms with Gasteiger partial charge in [-0.2, -0.15) is 0 Å². The van der Waals surface area contributed by atoms with E-state index in [1.807, 2.05) is 0 Å². The summed E-state index contributed by atoms with van der Waals surface area (Å²) in [5, 5.41) is 12.7. The van der Waals surface area contributed by atoms with E-state index < -0.39 is 11.5 Å². The number of rotatable bonds is 9. The Morgan fingerprint density at radius 3 is 2.16 bits per heavy atom. The minimum absolute atomic E-state index is 0. The zero-order valence-corrected chi connectivity index (χ0v) is 14.0. The first-order valence-corrected chi connectivity index (χ1v) is 5.97. The topological polar surface area (TPSA) is 86.3 Å². The van der Waals surface area contributed by atoms with Crippen LogP contribution in [0.4, 0.5) is 0 Å². The monoisotopic (exact) mass is 277 g/mol. The molecule has 0 saturated carbocycles. The zero-order valence-electron chi connectivity index (χ0n) is 12.0. The SMILES string of the molecule is C=CC(=O)NC(C)(C)C(=O)CCCCCC(=O)[O-].[Na+]. The molecule has 0 aromatic rings. The van der Waals surface area contributed by atoms with E-state index in [0.717, 1.165) is 6.08 Å². The van der Waals surface area contributed by atoms with Crippen molar-refractivity contribution in [1.82, 2.24) is 5.32 Å². The number of carbonyl (C=O) groups excluding carboxylic acids is 3. The van der Waals surface area contributed by atoms with Crippen LogP contribution in [0.2, 0.25) is 0 Å². The summed E-state index contributed by atoms with van der Waals surface area (Å²) < 4.78 is 0. The zero-order chi connectivity index (χ0) is 14.2. The van der Waals surface area contributed by atoms with Gasteiger partial charge in [0.05, 0.1) is 5.54 Å². The standard InChI is InChI=1S/C13H21NO4.Na/c1-4-11(16)14-13(2,3)10(15)8-6-5-7-9-12(17)18;/h4H,1,5-9H2,2-3H3,(H,14,16)(H,17,18);/q;+1/p-1. The van der Waals surface area contributed by atoms with Crippen LogP contribution in [0.25, 0.3) is 0 Å². The van der Waals surface area contributed by atoms with Crippen LogP contribution in [-0.2, 0) is 14.4 Å². The second kappa shape index (κ2) is 10.2. The van der Waals surface area contributed by atoms with Gasteiger partial charge in [-0.25, -0.2) is 0 Å². The molecular weight excluding hydrogens is 257 g/mol. The van der Waals surface area contributed by atoms with Crippen LogP contribution in [0.5, 0.6) is 0 Å². The van der Waals surface area contributed by atoms with E-state index in [9.17, 15) is 19.5 Å². The summed E-state index contributed by atoms with van der Waals surface area (Å²) in [6.45, 7) is 6.60. The Morgan fingerprint density at radius 2 is 1.68 bits per heavy atom.